The summed E-state index contributed by atoms with van der Waals surface area (Å²) in [6, 6.07) is 7.06. The molecule has 2 heterocycles. The Bertz CT molecular complexity index is 1050. The SMILES string of the molecule is COc1ccc(S(=O)(=O)NC(c2nc(-c3cccnc3)no2)C(C)C)cc1Cl. The molecule has 0 spiro atoms. The van der Waals surface area contributed by atoms with Crippen LogP contribution in [-0.4, -0.2) is 30.7 Å². The number of pyridine rings is 1. The van der Waals surface area contributed by atoms with Gasteiger partial charge in [0.25, 0.3) is 0 Å². The van der Waals surface area contributed by atoms with Crippen molar-refractivity contribution in [2.45, 2.75) is 24.8 Å². The van der Waals surface area contributed by atoms with Crippen molar-refractivity contribution in [2.75, 3.05) is 7.11 Å². The lowest BCUT2D eigenvalue weighted by atomic mass is 10.1. The summed E-state index contributed by atoms with van der Waals surface area (Å²) in [5.41, 5.74) is 0.671. The van der Waals surface area contributed by atoms with E-state index in [9.17, 15) is 8.42 Å². The van der Waals surface area contributed by atoms with Crippen LogP contribution in [0.5, 0.6) is 5.75 Å². The molecule has 1 unspecified atom stereocenters. The predicted molar refractivity (Wildman–Crippen MR) is 103 cm³/mol. The minimum absolute atomic E-state index is 0.0101. The Kier molecular flexibility index (Phi) is 5.97. The van der Waals surface area contributed by atoms with Crippen LogP contribution in [0.3, 0.4) is 0 Å². The van der Waals surface area contributed by atoms with E-state index in [1.165, 1.54) is 25.3 Å². The third-order valence-electron chi connectivity index (χ3n) is 4.01. The van der Waals surface area contributed by atoms with Crippen molar-refractivity contribution in [3.63, 3.8) is 0 Å². The topological polar surface area (TPSA) is 107 Å². The molecule has 1 N–H and O–H groups in total. The maximum Gasteiger partial charge on any atom is 0.245 e. The third-order valence-corrected chi connectivity index (χ3v) is 5.74. The van der Waals surface area contributed by atoms with E-state index in [1.54, 1.807) is 24.5 Å². The molecule has 0 saturated carbocycles. The molecular weight excluding hydrogens is 404 g/mol. The third kappa shape index (κ3) is 4.32. The quantitative estimate of drug-likeness (QED) is 0.621. The molecule has 1 aromatic carbocycles. The number of nitrogens with one attached hydrogen (secondary N) is 1. The molecule has 0 bridgehead atoms. The largest absolute Gasteiger partial charge is 0.495 e. The highest BCUT2D eigenvalue weighted by Gasteiger charge is 2.29. The predicted octanol–water partition coefficient (Wildman–Crippen LogP) is 3.47. The zero-order valence-corrected chi connectivity index (χ0v) is 17.0. The molecule has 0 amide bonds. The van der Waals surface area contributed by atoms with Gasteiger partial charge in [0.1, 0.15) is 11.8 Å². The zero-order chi connectivity index (χ0) is 20.3. The Morgan fingerprint density at radius 1 is 1.25 bits per heavy atom. The second-order valence-corrected chi connectivity index (χ2v) is 8.46. The lowest BCUT2D eigenvalue weighted by Crippen LogP contribution is -2.32. The number of benzene rings is 1. The fourth-order valence-corrected chi connectivity index (χ4v) is 4.18. The fraction of sp³-hybridized carbons (Fsp3) is 0.278. The number of sulfonamides is 1. The van der Waals surface area contributed by atoms with E-state index in [4.69, 9.17) is 20.9 Å². The standard InChI is InChI=1S/C18H19ClN4O4S/c1-11(2)16(18-21-17(22-27-18)12-5-4-8-20-10-12)23-28(24,25)13-6-7-15(26-3)14(19)9-13/h4-11,16,23H,1-3H3. The van der Waals surface area contributed by atoms with Gasteiger partial charge in [0.05, 0.1) is 17.0 Å². The van der Waals surface area contributed by atoms with E-state index in [0.717, 1.165) is 0 Å². The van der Waals surface area contributed by atoms with Crippen molar-refractivity contribution in [3.05, 3.63) is 53.6 Å². The molecule has 28 heavy (non-hydrogen) atoms. The highest BCUT2D eigenvalue weighted by atomic mass is 35.5. The molecule has 3 aromatic rings. The summed E-state index contributed by atoms with van der Waals surface area (Å²) < 4.78 is 38.7. The average molecular weight is 423 g/mol. The Morgan fingerprint density at radius 3 is 2.64 bits per heavy atom. The summed E-state index contributed by atoms with van der Waals surface area (Å²) in [4.78, 5) is 8.36. The van der Waals surface area contributed by atoms with Crippen LogP contribution in [-0.2, 0) is 10.0 Å². The van der Waals surface area contributed by atoms with Gasteiger partial charge in [0, 0.05) is 18.0 Å². The Balaban J connectivity index is 1.89. The first-order chi connectivity index (χ1) is 13.3. The van der Waals surface area contributed by atoms with Crippen molar-refractivity contribution < 1.29 is 17.7 Å². The number of nitrogens with zero attached hydrogens (tertiary/aromatic N) is 3. The zero-order valence-electron chi connectivity index (χ0n) is 15.5. The number of halogens is 1. The molecule has 0 aliphatic rings. The second kappa shape index (κ2) is 8.26. The number of ether oxygens (including phenoxy) is 1. The Labute approximate surface area is 168 Å². The summed E-state index contributed by atoms with van der Waals surface area (Å²) in [5, 5.41) is 4.13. The van der Waals surface area contributed by atoms with Gasteiger partial charge in [-0.25, -0.2) is 8.42 Å². The number of hydrogen-bond acceptors (Lipinski definition) is 7. The first-order valence-electron chi connectivity index (χ1n) is 8.41. The first kappa shape index (κ1) is 20.2. The van der Waals surface area contributed by atoms with Gasteiger partial charge in [-0.3, -0.25) is 4.98 Å². The van der Waals surface area contributed by atoms with Crippen LogP contribution >= 0.6 is 11.6 Å². The van der Waals surface area contributed by atoms with Crippen molar-refractivity contribution >= 4 is 21.6 Å². The molecule has 0 aliphatic carbocycles. The Hall–Kier alpha value is -2.49. The molecule has 0 fully saturated rings. The highest BCUT2D eigenvalue weighted by molar-refractivity contribution is 7.89. The molecule has 8 nitrogen and oxygen atoms in total. The van der Waals surface area contributed by atoms with Crippen LogP contribution in [0.4, 0.5) is 0 Å². The van der Waals surface area contributed by atoms with Gasteiger partial charge >= 0.3 is 0 Å². The number of rotatable bonds is 7. The molecule has 3 rings (SSSR count). The van der Waals surface area contributed by atoms with Gasteiger partial charge < -0.3 is 9.26 Å². The molecular formula is C18H19ClN4O4S. The van der Waals surface area contributed by atoms with Gasteiger partial charge in [-0.15, -0.1) is 0 Å². The number of methoxy groups -OCH3 is 1. The summed E-state index contributed by atoms with van der Waals surface area (Å²) in [7, 11) is -2.43. The first-order valence-corrected chi connectivity index (χ1v) is 10.3. The van der Waals surface area contributed by atoms with Crippen LogP contribution in [0.15, 0.2) is 52.1 Å². The van der Waals surface area contributed by atoms with Crippen LogP contribution in [0, 0.1) is 5.92 Å². The smallest absolute Gasteiger partial charge is 0.245 e. The second-order valence-electron chi connectivity index (χ2n) is 6.34. The van der Waals surface area contributed by atoms with Crippen LogP contribution in [0.1, 0.15) is 25.8 Å². The average Bonchev–Trinajstić information content (AvgIpc) is 3.16. The molecule has 1 atom stereocenters. The summed E-state index contributed by atoms with van der Waals surface area (Å²) >= 11 is 6.06. The molecule has 0 aliphatic heterocycles. The fourth-order valence-electron chi connectivity index (χ4n) is 2.49. The molecule has 10 heteroatoms. The van der Waals surface area contributed by atoms with Gasteiger partial charge in [-0.2, -0.15) is 9.71 Å². The van der Waals surface area contributed by atoms with E-state index in [-0.39, 0.29) is 21.7 Å². The van der Waals surface area contributed by atoms with Crippen molar-refractivity contribution in [1.29, 1.82) is 0 Å². The maximum absolute atomic E-state index is 12.8. The van der Waals surface area contributed by atoms with Crippen LogP contribution in [0.25, 0.3) is 11.4 Å². The molecule has 0 saturated heterocycles. The van der Waals surface area contributed by atoms with E-state index in [0.29, 0.717) is 17.1 Å². The number of aromatic nitrogens is 3. The summed E-state index contributed by atoms with van der Waals surface area (Å²) in [5.74, 6) is 0.738. The van der Waals surface area contributed by atoms with Gasteiger partial charge in [0.15, 0.2) is 0 Å². The lowest BCUT2D eigenvalue weighted by molar-refractivity contribution is 0.311. The minimum Gasteiger partial charge on any atom is -0.495 e. The van der Waals surface area contributed by atoms with Crippen LogP contribution < -0.4 is 9.46 Å². The monoisotopic (exact) mass is 422 g/mol. The molecule has 0 radical (unpaired) electrons. The van der Waals surface area contributed by atoms with E-state index in [2.05, 4.69) is 19.8 Å². The van der Waals surface area contributed by atoms with Crippen LogP contribution in [0.2, 0.25) is 5.02 Å². The highest BCUT2D eigenvalue weighted by Crippen LogP contribution is 2.29. The van der Waals surface area contributed by atoms with Gasteiger partial charge in [0.2, 0.25) is 21.7 Å². The van der Waals surface area contributed by atoms with E-state index >= 15 is 0 Å². The van der Waals surface area contributed by atoms with Gasteiger partial charge in [-0.05, 0) is 36.2 Å². The summed E-state index contributed by atoms with van der Waals surface area (Å²) in [6.45, 7) is 3.70. The van der Waals surface area contributed by atoms with Crippen molar-refractivity contribution in [2.24, 2.45) is 5.92 Å². The maximum atomic E-state index is 12.8. The number of hydrogen-bond donors (Lipinski definition) is 1. The van der Waals surface area contributed by atoms with E-state index in [1.807, 2.05) is 13.8 Å². The van der Waals surface area contributed by atoms with Gasteiger partial charge in [-0.1, -0.05) is 30.6 Å². The normalized spacial score (nSPS) is 12.9. The summed E-state index contributed by atoms with van der Waals surface area (Å²) in [6.07, 6.45) is 3.23. The molecule has 148 valence electrons. The lowest BCUT2D eigenvalue weighted by Gasteiger charge is -2.18. The minimum atomic E-state index is -3.89. The Morgan fingerprint density at radius 2 is 2.04 bits per heavy atom. The van der Waals surface area contributed by atoms with Crippen molar-refractivity contribution in [1.82, 2.24) is 19.8 Å². The molecule has 2 aromatic heterocycles. The van der Waals surface area contributed by atoms with Crippen molar-refractivity contribution in [3.8, 4) is 17.1 Å². The van der Waals surface area contributed by atoms with E-state index < -0.39 is 16.1 Å².